The van der Waals surface area contributed by atoms with Gasteiger partial charge in [-0.1, -0.05) is 54.2 Å². The van der Waals surface area contributed by atoms with Gasteiger partial charge in [0.2, 0.25) is 0 Å². The number of thioether (sulfide) groups is 1. The van der Waals surface area contributed by atoms with E-state index in [1.807, 2.05) is 91.5 Å². The van der Waals surface area contributed by atoms with E-state index in [-0.39, 0.29) is 17.1 Å². The summed E-state index contributed by atoms with van der Waals surface area (Å²) in [5.74, 6) is 0.423. The highest BCUT2D eigenvalue weighted by atomic mass is 32.2. The Balaban J connectivity index is 1.57. The van der Waals surface area contributed by atoms with Gasteiger partial charge in [-0.15, -0.1) is 0 Å². The number of benzene rings is 2. The summed E-state index contributed by atoms with van der Waals surface area (Å²) in [6.45, 7) is 1.91. The number of aromatic nitrogens is 2. The van der Waals surface area contributed by atoms with Gasteiger partial charge in [0.15, 0.2) is 10.9 Å². The Hall–Kier alpha value is -3.63. The summed E-state index contributed by atoms with van der Waals surface area (Å²) in [5, 5.41) is 10.3. The van der Waals surface area contributed by atoms with Crippen molar-refractivity contribution in [1.29, 1.82) is 5.26 Å². The molecule has 2 aromatic carbocycles. The van der Waals surface area contributed by atoms with Gasteiger partial charge < -0.3 is 9.80 Å². The zero-order valence-corrected chi connectivity index (χ0v) is 18.3. The summed E-state index contributed by atoms with van der Waals surface area (Å²) in [7, 11) is 3.73. The molecule has 1 aromatic heterocycles. The van der Waals surface area contributed by atoms with E-state index in [1.54, 1.807) is 0 Å². The van der Waals surface area contributed by atoms with Crippen LogP contribution >= 0.6 is 11.8 Å². The summed E-state index contributed by atoms with van der Waals surface area (Å²) in [4.78, 5) is 25.8. The van der Waals surface area contributed by atoms with Crippen LogP contribution in [0.3, 0.4) is 0 Å². The summed E-state index contributed by atoms with van der Waals surface area (Å²) in [5.41, 5.74) is 4.68. The second-order valence-electron chi connectivity index (χ2n) is 7.17. The van der Waals surface area contributed by atoms with Crippen LogP contribution in [0.4, 0.5) is 11.4 Å². The maximum Gasteiger partial charge on any atom is 0.188 e. The van der Waals surface area contributed by atoms with Gasteiger partial charge in [0.1, 0.15) is 17.5 Å². The maximum atomic E-state index is 13.0. The molecule has 7 heteroatoms. The van der Waals surface area contributed by atoms with Crippen LogP contribution in [0.2, 0.25) is 0 Å². The highest BCUT2D eigenvalue weighted by Crippen LogP contribution is 2.40. The molecule has 4 rings (SSSR count). The predicted molar refractivity (Wildman–Crippen MR) is 124 cm³/mol. The van der Waals surface area contributed by atoms with Crippen LogP contribution in [-0.4, -0.2) is 35.6 Å². The van der Waals surface area contributed by atoms with Gasteiger partial charge in [-0.05, 0) is 25.1 Å². The van der Waals surface area contributed by atoms with Crippen molar-refractivity contribution < 1.29 is 4.79 Å². The Morgan fingerprint density at radius 1 is 1.00 bits per heavy atom. The fourth-order valence-electron chi connectivity index (χ4n) is 3.62. The number of aryl methyl sites for hydroxylation is 1. The van der Waals surface area contributed by atoms with E-state index in [2.05, 4.69) is 16.0 Å². The SMILES string of the molecule is Cc1cc(-c2ccccc2)nc(SCC(=O)C(C#N)=C2N(C)c3ccccc3N2C)n1. The number of hydrogen-bond acceptors (Lipinski definition) is 7. The van der Waals surface area contributed by atoms with Crippen LogP contribution in [0.25, 0.3) is 11.3 Å². The van der Waals surface area contributed by atoms with Gasteiger partial charge in [-0.2, -0.15) is 5.26 Å². The first-order chi connectivity index (χ1) is 15.0. The summed E-state index contributed by atoms with van der Waals surface area (Å²) in [6, 6.07) is 21.7. The third kappa shape index (κ3) is 4.03. The number of Topliss-reactive ketones (excluding diaryl/α,β-unsaturated/α-hetero) is 1. The van der Waals surface area contributed by atoms with E-state index in [1.165, 1.54) is 11.8 Å². The number of hydrogen-bond donors (Lipinski definition) is 0. The van der Waals surface area contributed by atoms with E-state index in [0.29, 0.717) is 11.0 Å². The van der Waals surface area contributed by atoms with E-state index in [0.717, 1.165) is 28.3 Å². The number of rotatable bonds is 5. The molecule has 0 atom stereocenters. The third-order valence-electron chi connectivity index (χ3n) is 5.09. The Morgan fingerprint density at radius 3 is 2.23 bits per heavy atom. The monoisotopic (exact) mass is 427 g/mol. The lowest BCUT2D eigenvalue weighted by atomic mass is 10.1. The molecule has 31 heavy (non-hydrogen) atoms. The third-order valence-corrected chi connectivity index (χ3v) is 5.94. The van der Waals surface area contributed by atoms with Gasteiger partial charge in [-0.3, -0.25) is 4.79 Å². The zero-order valence-electron chi connectivity index (χ0n) is 17.5. The molecule has 0 saturated heterocycles. The fraction of sp³-hybridized carbons (Fsp3) is 0.167. The molecular formula is C24H21N5OS. The van der Waals surface area contributed by atoms with Crippen molar-refractivity contribution in [3.05, 3.63) is 77.8 Å². The molecule has 0 fully saturated rings. The van der Waals surface area contributed by atoms with Crippen LogP contribution in [0.5, 0.6) is 0 Å². The van der Waals surface area contributed by atoms with Crippen molar-refractivity contribution in [1.82, 2.24) is 9.97 Å². The molecule has 0 aliphatic carbocycles. The number of allylic oxidation sites excluding steroid dienone is 1. The molecule has 0 N–H and O–H groups in total. The van der Waals surface area contributed by atoms with Crippen molar-refractivity contribution >= 4 is 28.9 Å². The molecule has 0 saturated carbocycles. The second kappa shape index (κ2) is 8.62. The number of para-hydroxylation sites is 2. The largest absolute Gasteiger partial charge is 0.328 e. The average Bonchev–Trinajstić information content (AvgIpc) is 3.04. The Bertz CT molecular complexity index is 1190. The quantitative estimate of drug-likeness (QED) is 0.258. The van der Waals surface area contributed by atoms with Crippen LogP contribution in [0.15, 0.2) is 77.2 Å². The van der Waals surface area contributed by atoms with Crippen molar-refractivity contribution in [2.75, 3.05) is 29.6 Å². The summed E-state index contributed by atoms with van der Waals surface area (Å²) >= 11 is 1.25. The highest BCUT2D eigenvalue weighted by Gasteiger charge is 2.31. The van der Waals surface area contributed by atoms with Crippen LogP contribution < -0.4 is 9.80 Å². The van der Waals surface area contributed by atoms with E-state index in [4.69, 9.17) is 0 Å². The lowest BCUT2D eigenvalue weighted by Crippen LogP contribution is -2.26. The molecule has 1 aliphatic heterocycles. The number of carbonyl (C=O) groups excluding carboxylic acids is 1. The minimum absolute atomic E-state index is 0.0854. The topological polar surface area (TPSA) is 73.1 Å². The highest BCUT2D eigenvalue weighted by molar-refractivity contribution is 7.99. The van der Waals surface area contributed by atoms with Gasteiger partial charge in [0.05, 0.1) is 22.8 Å². The predicted octanol–water partition coefficient (Wildman–Crippen LogP) is 4.43. The van der Waals surface area contributed by atoms with Crippen LogP contribution in [0.1, 0.15) is 5.69 Å². The molecule has 6 nitrogen and oxygen atoms in total. The minimum atomic E-state index is -0.250. The number of carbonyl (C=O) groups is 1. The first kappa shape index (κ1) is 20.6. The Labute approximate surface area is 185 Å². The molecule has 0 spiro atoms. The molecule has 1 aliphatic rings. The zero-order chi connectivity index (χ0) is 22.0. The number of ketones is 1. The number of fused-ring (bicyclic) bond motifs is 1. The van der Waals surface area contributed by atoms with Crippen LogP contribution in [-0.2, 0) is 4.79 Å². The number of anilines is 2. The van der Waals surface area contributed by atoms with Crippen molar-refractivity contribution in [2.24, 2.45) is 0 Å². The molecule has 0 bridgehead atoms. The van der Waals surface area contributed by atoms with Gasteiger partial charge in [0, 0.05) is 25.4 Å². The maximum absolute atomic E-state index is 13.0. The number of nitriles is 1. The second-order valence-corrected chi connectivity index (χ2v) is 8.11. The molecule has 2 heterocycles. The standard InChI is InChI=1S/C24H21N5OS/c1-16-13-19(17-9-5-4-6-10-17)27-24(26-16)31-15-22(30)18(14-25)23-28(2)20-11-7-8-12-21(20)29(23)3/h4-13H,15H2,1-3H3. The fourth-order valence-corrected chi connectivity index (χ4v) is 4.40. The Kier molecular flexibility index (Phi) is 5.74. The Morgan fingerprint density at radius 2 is 1.61 bits per heavy atom. The lowest BCUT2D eigenvalue weighted by molar-refractivity contribution is -0.112. The van der Waals surface area contributed by atoms with E-state index >= 15 is 0 Å². The molecule has 0 unspecified atom stereocenters. The molecule has 154 valence electrons. The van der Waals surface area contributed by atoms with Crippen molar-refractivity contribution in [2.45, 2.75) is 12.1 Å². The molecule has 0 amide bonds. The first-order valence-electron chi connectivity index (χ1n) is 9.77. The average molecular weight is 428 g/mol. The lowest BCUT2D eigenvalue weighted by Gasteiger charge is -2.19. The molecule has 0 radical (unpaired) electrons. The van der Waals surface area contributed by atoms with Crippen molar-refractivity contribution in [3.8, 4) is 17.3 Å². The summed E-state index contributed by atoms with van der Waals surface area (Å²) in [6.07, 6.45) is 0. The number of nitrogens with zero attached hydrogens (tertiary/aromatic N) is 5. The van der Waals surface area contributed by atoms with Crippen molar-refractivity contribution in [3.63, 3.8) is 0 Å². The van der Waals surface area contributed by atoms with Gasteiger partial charge >= 0.3 is 0 Å². The van der Waals surface area contributed by atoms with E-state index in [9.17, 15) is 10.1 Å². The first-order valence-corrected chi connectivity index (χ1v) is 10.8. The normalized spacial score (nSPS) is 12.5. The minimum Gasteiger partial charge on any atom is -0.328 e. The molecular weight excluding hydrogens is 406 g/mol. The van der Waals surface area contributed by atoms with Gasteiger partial charge in [-0.25, -0.2) is 9.97 Å². The summed E-state index contributed by atoms with van der Waals surface area (Å²) < 4.78 is 0. The molecule has 3 aromatic rings. The van der Waals surface area contributed by atoms with Gasteiger partial charge in [0.25, 0.3) is 0 Å². The smallest absolute Gasteiger partial charge is 0.188 e. The van der Waals surface area contributed by atoms with E-state index < -0.39 is 0 Å². The van der Waals surface area contributed by atoms with Crippen LogP contribution in [0, 0.1) is 18.3 Å².